The number of rotatable bonds is 2. The van der Waals surface area contributed by atoms with Gasteiger partial charge in [-0.1, -0.05) is 33.6 Å². The molecule has 0 fully saturated rings. The molecule has 0 amide bonds. The number of hydrogen-bond donors (Lipinski definition) is 1. The highest BCUT2D eigenvalue weighted by molar-refractivity contribution is 9.10. The molecule has 1 nitrogen and oxygen atoms in total. The van der Waals surface area contributed by atoms with Gasteiger partial charge in [-0.15, -0.1) is 0 Å². The van der Waals surface area contributed by atoms with Crippen LogP contribution in [0.1, 0.15) is 18.1 Å². The number of aryl methyl sites for hydroxylation is 1. The third kappa shape index (κ3) is 2.98. The molecule has 1 rings (SSSR count). The Kier molecular flexibility index (Phi) is 3.70. The van der Waals surface area contributed by atoms with Gasteiger partial charge in [-0.25, -0.2) is 0 Å². The van der Waals surface area contributed by atoms with E-state index in [1.165, 1.54) is 16.7 Å². The molecular weight excluding hydrogens is 226 g/mol. The molecule has 0 heterocycles. The second-order valence-electron chi connectivity index (χ2n) is 3.20. The Morgan fingerprint density at radius 1 is 1.54 bits per heavy atom. The van der Waals surface area contributed by atoms with Crippen LogP contribution in [-0.4, -0.2) is 6.54 Å². The van der Waals surface area contributed by atoms with Crippen molar-refractivity contribution < 1.29 is 0 Å². The number of halogens is 1. The third-order valence-corrected chi connectivity index (χ3v) is 2.45. The molecule has 2 heteroatoms. The van der Waals surface area contributed by atoms with Crippen LogP contribution in [0, 0.1) is 6.92 Å². The van der Waals surface area contributed by atoms with E-state index in [-0.39, 0.29) is 0 Å². The molecule has 2 N–H and O–H groups in total. The van der Waals surface area contributed by atoms with E-state index < -0.39 is 0 Å². The van der Waals surface area contributed by atoms with Crippen LogP contribution in [0.2, 0.25) is 0 Å². The molecule has 0 bridgehead atoms. The topological polar surface area (TPSA) is 26.0 Å². The van der Waals surface area contributed by atoms with Crippen LogP contribution in [0.5, 0.6) is 0 Å². The Bertz CT molecular complexity index is 329. The Morgan fingerprint density at radius 3 is 2.77 bits per heavy atom. The van der Waals surface area contributed by atoms with Gasteiger partial charge in [0.15, 0.2) is 0 Å². The maximum Gasteiger partial charge on any atom is 0.0178 e. The predicted octanol–water partition coefficient (Wildman–Crippen LogP) is 3.12. The first kappa shape index (κ1) is 10.5. The van der Waals surface area contributed by atoms with E-state index >= 15 is 0 Å². The zero-order valence-corrected chi connectivity index (χ0v) is 9.56. The lowest BCUT2D eigenvalue weighted by atomic mass is 10.1. The van der Waals surface area contributed by atoms with Gasteiger partial charge in [-0.05, 0) is 37.1 Å². The number of nitrogens with two attached hydrogens (primary N) is 1. The summed E-state index contributed by atoms with van der Waals surface area (Å²) in [6.45, 7) is 4.76. The summed E-state index contributed by atoms with van der Waals surface area (Å²) in [6, 6.07) is 6.25. The van der Waals surface area contributed by atoms with Crippen molar-refractivity contribution >= 4 is 22.0 Å². The number of hydrogen-bond acceptors (Lipinski definition) is 1. The first-order valence-corrected chi connectivity index (χ1v) is 5.06. The fraction of sp³-hybridized carbons (Fsp3) is 0.273. The minimum Gasteiger partial charge on any atom is -0.327 e. The van der Waals surface area contributed by atoms with E-state index in [1.54, 1.807) is 0 Å². The summed E-state index contributed by atoms with van der Waals surface area (Å²) in [5.41, 5.74) is 9.23. The maximum atomic E-state index is 5.52. The van der Waals surface area contributed by atoms with E-state index in [4.69, 9.17) is 5.73 Å². The van der Waals surface area contributed by atoms with Crippen molar-refractivity contribution in [1.82, 2.24) is 0 Å². The lowest BCUT2D eigenvalue weighted by Gasteiger charge is -2.02. The summed E-state index contributed by atoms with van der Waals surface area (Å²) in [7, 11) is 0. The van der Waals surface area contributed by atoms with Crippen molar-refractivity contribution in [2.24, 2.45) is 5.73 Å². The Hall–Kier alpha value is -0.600. The highest BCUT2D eigenvalue weighted by Crippen LogP contribution is 2.17. The minimum absolute atomic E-state index is 0.621. The zero-order valence-electron chi connectivity index (χ0n) is 7.97. The van der Waals surface area contributed by atoms with Crippen molar-refractivity contribution in [3.63, 3.8) is 0 Å². The third-order valence-electron chi connectivity index (χ3n) is 1.96. The molecule has 0 aliphatic rings. The molecule has 0 aliphatic heterocycles. The molecule has 0 aliphatic carbocycles. The smallest absolute Gasteiger partial charge is 0.0178 e. The van der Waals surface area contributed by atoms with Crippen LogP contribution in [0.3, 0.4) is 0 Å². The second-order valence-corrected chi connectivity index (χ2v) is 4.11. The minimum atomic E-state index is 0.621. The van der Waals surface area contributed by atoms with Crippen LogP contribution >= 0.6 is 15.9 Å². The summed E-state index contributed by atoms with van der Waals surface area (Å²) in [5.74, 6) is 0. The summed E-state index contributed by atoms with van der Waals surface area (Å²) >= 11 is 3.43. The monoisotopic (exact) mass is 239 g/mol. The van der Waals surface area contributed by atoms with E-state index in [2.05, 4.69) is 41.1 Å². The molecule has 0 atom stereocenters. The molecule has 1 aromatic rings. The molecule has 70 valence electrons. The van der Waals surface area contributed by atoms with E-state index in [0.717, 1.165) is 4.47 Å². The SMILES string of the molecule is C/C(=C/c1ccc(Br)cc1C)CN. The number of benzene rings is 1. The fourth-order valence-corrected chi connectivity index (χ4v) is 1.60. The van der Waals surface area contributed by atoms with E-state index in [9.17, 15) is 0 Å². The Labute approximate surface area is 87.8 Å². The summed E-state index contributed by atoms with van der Waals surface area (Å²) in [4.78, 5) is 0. The highest BCUT2D eigenvalue weighted by Gasteiger charge is 1.95. The van der Waals surface area contributed by atoms with Gasteiger partial charge in [0.2, 0.25) is 0 Å². The first-order valence-electron chi connectivity index (χ1n) is 4.27. The molecule has 0 radical (unpaired) electrons. The lowest BCUT2D eigenvalue weighted by molar-refractivity contribution is 1.15. The fourth-order valence-electron chi connectivity index (χ4n) is 1.13. The van der Waals surface area contributed by atoms with Crippen LogP contribution in [-0.2, 0) is 0 Å². The van der Waals surface area contributed by atoms with Gasteiger partial charge in [0.1, 0.15) is 0 Å². The van der Waals surface area contributed by atoms with Gasteiger partial charge in [-0.3, -0.25) is 0 Å². The summed E-state index contributed by atoms with van der Waals surface area (Å²) in [6.07, 6.45) is 2.13. The zero-order chi connectivity index (χ0) is 9.84. The van der Waals surface area contributed by atoms with Crippen LogP contribution in [0.25, 0.3) is 6.08 Å². The molecule has 0 aromatic heterocycles. The quantitative estimate of drug-likeness (QED) is 0.844. The molecule has 0 spiro atoms. The largest absolute Gasteiger partial charge is 0.327 e. The van der Waals surface area contributed by atoms with Gasteiger partial charge >= 0.3 is 0 Å². The molecule has 13 heavy (non-hydrogen) atoms. The van der Waals surface area contributed by atoms with Crippen LogP contribution in [0.4, 0.5) is 0 Å². The van der Waals surface area contributed by atoms with Crippen LogP contribution < -0.4 is 5.73 Å². The van der Waals surface area contributed by atoms with Crippen molar-refractivity contribution in [2.45, 2.75) is 13.8 Å². The average Bonchev–Trinajstić information content (AvgIpc) is 2.09. The normalized spacial score (nSPS) is 11.8. The Morgan fingerprint density at radius 2 is 2.23 bits per heavy atom. The average molecular weight is 240 g/mol. The Balaban J connectivity index is 3.03. The van der Waals surface area contributed by atoms with E-state index in [1.807, 2.05) is 13.0 Å². The molecule has 1 aromatic carbocycles. The van der Waals surface area contributed by atoms with Crippen LogP contribution in [0.15, 0.2) is 28.2 Å². The molecular formula is C11H14BrN. The molecule has 0 unspecified atom stereocenters. The summed E-state index contributed by atoms with van der Waals surface area (Å²) in [5, 5.41) is 0. The van der Waals surface area contributed by atoms with Gasteiger partial charge in [-0.2, -0.15) is 0 Å². The predicted molar refractivity (Wildman–Crippen MR) is 61.6 cm³/mol. The van der Waals surface area contributed by atoms with Gasteiger partial charge in [0, 0.05) is 11.0 Å². The maximum absolute atomic E-state index is 5.52. The molecule has 0 saturated carbocycles. The highest BCUT2D eigenvalue weighted by atomic mass is 79.9. The van der Waals surface area contributed by atoms with Crippen molar-refractivity contribution in [1.29, 1.82) is 0 Å². The first-order chi connectivity index (χ1) is 6.13. The van der Waals surface area contributed by atoms with Gasteiger partial charge < -0.3 is 5.73 Å². The standard InChI is InChI=1S/C11H14BrN/c1-8(7-13)5-10-3-4-11(12)6-9(10)2/h3-6H,7,13H2,1-2H3/b8-5-. The lowest BCUT2D eigenvalue weighted by Crippen LogP contribution is -1.99. The summed E-state index contributed by atoms with van der Waals surface area (Å²) < 4.78 is 1.12. The van der Waals surface area contributed by atoms with Gasteiger partial charge in [0.25, 0.3) is 0 Å². The van der Waals surface area contributed by atoms with Gasteiger partial charge in [0.05, 0.1) is 0 Å². The second kappa shape index (κ2) is 4.58. The molecule has 0 saturated heterocycles. The van der Waals surface area contributed by atoms with Crippen molar-refractivity contribution in [3.05, 3.63) is 39.4 Å². The van der Waals surface area contributed by atoms with Crippen molar-refractivity contribution in [3.8, 4) is 0 Å². The van der Waals surface area contributed by atoms with E-state index in [0.29, 0.717) is 6.54 Å². The van der Waals surface area contributed by atoms with Crippen molar-refractivity contribution in [2.75, 3.05) is 6.54 Å².